The van der Waals surface area contributed by atoms with Crippen molar-refractivity contribution in [1.82, 2.24) is 9.97 Å². The highest BCUT2D eigenvalue weighted by molar-refractivity contribution is 7.90. The lowest BCUT2D eigenvalue weighted by Crippen LogP contribution is -2.20. The van der Waals surface area contributed by atoms with Crippen LogP contribution in [0, 0.1) is 0 Å². The Hall–Kier alpha value is -1.21. The monoisotopic (exact) mass is 203 g/mol. The minimum atomic E-state index is -3.46. The molecule has 0 aliphatic carbocycles. The van der Waals surface area contributed by atoms with Crippen molar-refractivity contribution in [2.45, 2.75) is 11.7 Å². The van der Waals surface area contributed by atoms with Crippen molar-refractivity contribution in [1.29, 1.82) is 0 Å². The average Bonchev–Trinajstić information content (AvgIpc) is 2.02. The first-order valence-electron chi connectivity index (χ1n) is 3.43. The lowest BCUT2D eigenvalue weighted by molar-refractivity contribution is 0.591. The highest BCUT2D eigenvalue weighted by Crippen LogP contribution is 1.96. The summed E-state index contributed by atoms with van der Waals surface area (Å²) >= 11 is 0. The maximum Gasteiger partial charge on any atom is 0.256 e. The largest absolute Gasteiger partial charge is 0.326 e. The summed E-state index contributed by atoms with van der Waals surface area (Å²) in [7, 11) is -3.46. The first kappa shape index (κ1) is 9.87. The molecular formula is C6H9N3O3S. The third kappa shape index (κ3) is 2.13. The molecule has 13 heavy (non-hydrogen) atoms. The van der Waals surface area contributed by atoms with Crippen LogP contribution >= 0.6 is 0 Å². The SMILES string of the molecule is CS(=O)(=O)c1ncc(CN)c(=O)[nH]1. The second-order valence-electron chi connectivity index (χ2n) is 2.52. The molecule has 72 valence electrons. The number of aromatic nitrogens is 2. The number of nitrogens with zero attached hydrogens (tertiary/aromatic N) is 1. The Morgan fingerprint density at radius 2 is 2.23 bits per heavy atom. The van der Waals surface area contributed by atoms with Crippen molar-refractivity contribution < 1.29 is 8.42 Å². The molecule has 0 amide bonds. The molecule has 0 saturated carbocycles. The molecule has 1 aromatic rings. The second-order valence-corrected chi connectivity index (χ2v) is 4.45. The molecule has 0 aromatic carbocycles. The van der Waals surface area contributed by atoms with Crippen molar-refractivity contribution in [3.05, 3.63) is 22.1 Å². The van der Waals surface area contributed by atoms with Gasteiger partial charge in [-0.15, -0.1) is 0 Å². The van der Waals surface area contributed by atoms with Gasteiger partial charge >= 0.3 is 0 Å². The first-order valence-corrected chi connectivity index (χ1v) is 5.32. The number of nitrogens with two attached hydrogens (primary N) is 1. The van der Waals surface area contributed by atoms with E-state index >= 15 is 0 Å². The van der Waals surface area contributed by atoms with Gasteiger partial charge in [-0.3, -0.25) is 9.78 Å². The zero-order valence-electron chi connectivity index (χ0n) is 6.94. The van der Waals surface area contributed by atoms with Crippen molar-refractivity contribution in [3.63, 3.8) is 0 Å². The predicted octanol–water partition coefficient (Wildman–Crippen LogP) is -1.37. The highest BCUT2D eigenvalue weighted by atomic mass is 32.2. The Morgan fingerprint density at radius 1 is 1.62 bits per heavy atom. The maximum atomic E-state index is 11.1. The van der Waals surface area contributed by atoms with Gasteiger partial charge in [-0.1, -0.05) is 0 Å². The van der Waals surface area contributed by atoms with Gasteiger partial charge in [0.05, 0.1) is 0 Å². The maximum absolute atomic E-state index is 11.1. The van der Waals surface area contributed by atoms with Gasteiger partial charge in [0.1, 0.15) is 0 Å². The van der Waals surface area contributed by atoms with E-state index in [1.54, 1.807) is 0 Å². The summed E-state index contributed by atoms with van der Waals surface area (Å²) in [6, 6.07) is 0. The molecule has 0 spiro atoms. The van der Waals surface area contributed by atoms with Crippen LogP contribution in [0.2, 0.25) is 0 Å². The van der Waals surface area contributed by atoms with Gasteiger partial charge < -0.3 is 5.73 Å². The standard InChI is InChI=1S/C6H9N3O3S/c1-13(11,12)6-8-3-4(2-7)5(10)9-6/h3H,2,7H2,1H3,(H,8,9,10). The lowest BCUT2D eigenvalue weighted by Gasteiger charge is -1.98. The van der Waals surface area contributed by atoms with E-state index < -0.39 is 15.4 Å². The minimum absolute atomic E-state index is 0.0341. The number of nitrogens with one attached hydrogen (secondary N) is 1. The van der Waals surface area contributed by atoms with Crippen LogP contribution in [-0.2, 0) is 16.4 Å². The molecule has 0 atom stereocenters. The molecule has 0 fully saturated rings. The van der Waals surface area contributed by atoms with Crippen LogP contribution in [0.3, 0.4) is 0 Å². The zero-order chi connectivity index (χ0) is 10.1. The fraction of sp³-hybridized carbons (Fsp3) is 0.333. The van der Waals surface area contributed by atoms with Crippen molar-refractivity contribution in [2.75, 3.05) is 6.26 Å². The van der Waals surface area contributed by atoms with Gasteiger partial charge in [0.25, 0.3) is 5.56 Å². The normalized spacial score (nSPS) is 11.5. The molecule has 0 saturated heterocycles. The predicted molar refractivity (Wildman–Crippen MR) is 45.9 cm³/mol. The molecule has 0 bridgehead atoms. The molecule has 1 rings (SSSR count). The molecule has 3 N–H and O–H groups in total. The third-order valence-corrected chi connectivity index (χ3v) is 2.33. The number of rotatable bonds is 2. The molecule has 0 aliphatic heterocycles. The number of hydrogen-bond acceptors (Lipinski definition) is 5. The Morgan fingerprint density at radius 3 is 2.62 bits per heavy atom. The number of hydrogen-bond donors (Lipinski definition) is 2. The summed E-state index contributed by atoms with van der Waals surface area (Å²) < 4.78 is 21.8. The Balaban J connectivity index is 3.35. The highest BCUT2D eigenvalue weighted by Gasteiger charge is 2.10. The number of sulfone groups is 1. The van der Waals surface area contributed by atoms with Crippen LogP contribution in [-0.4, -0.2) is 24.6 Å². The van der Waals surface area contributed by atoms with E-state index in [2.05, 4.69) is 9.97 Å². The van der Waals surface area contributed by atoms with E-state index in [0.717, 1.165) is 12.5 Å². The van der Waals surface area contributed by atoms with E-state index in [1.165, 1.54) is 0 Å². The zero-order valence-corrected chi connectivity index (χ0v) is 7.76. The number of H-pyrrole nitrogens is 1. The molecule has 1 heterocycles. The lowest BCUT2D eigenvalue weighted by atomic mass is 10.3. The summed E-state index contributed by atoms with van der Waals surface area (Å²) in [5.74, 6) is 0. The first-order chi connectivity index (χ1) is 5.95. The van der Waals surface area contributed by atoms with Crippen LogP contribution in [0.4, 0.5) is 0 Å². The van der Waals surface area contributed by atoms with E-state index in [1.807, 2.05) is 0 Å². The van der Waals surface area contributed by atoms with Crippen molar-refractivity contribution in [2.24, 2.45) is 5.73 Å². The molecule has 0 radical (unpaired) electrons. The number of aromatic amines is 1. The smallest absolute Gasteiger partial charge is 0.256 e. The van der Waals surface area contributed by atoms with Crippen LogP contribution in [0.15, 0.2) is 16.1 Å². The van der Waals surface area contributed by atoms with Gasteiger partial charge in [0, 0.05) is 24.6 Å². The second kappa shape index (κ2) is 3.27. The van der Waals surface area contributed by atoms with Gasteiger partial charge in [-0.2, -0.15) is 0 Å². The Kier molecular flexibility index (Phi) is 2.48. The van der Waals surface area contributed by atoms with Gasteiger partial charge in [-0.05, 0) is 0 Å². The summed E-state index contributed by atoms with van der Waals surface area (Å²) in [5.41, 5.74) is 4.94. The van der Waals surface area contributed by atoms with Crippen LogP contribution < -0.4 is 11.3 Å². The summed E-state index contributed by atoms with van der Waals surface area (Å²) in [6.07, 6.45) is 2.13. The van der Waals surface area contributed by atoms with Crippen molar-refractivity contribution >= 4 is 9.84 Å². The van der Waals surface area contributed by atoms with Gasteiger partial charge in [-0.25, -0.2) is 13.4 Å². The van der Waals surface area contributed by atoms with E-state index in [4.69, 9.17) is 5.73 Å². The fourth-order valence-electron chi connectivity index (χ4n) is 0.739. The topological polar surface area (TPSA) is 106 Å². The van der Waals surface area contributed by atoms with Gasteiger partial charge in [0.2, 0.25) is 15.0 Å². The summed E-state index contributed by atoms with van der Waals surface area (Å²) in [4.78, 5) is 16.8. The molecular weight excluding hydrogens is 194 g/mol. The van der Waals surface area contributed by atoms with Crippen LogP contribution in [0.5, 0.6) is 0 Å². The average molecular weight is 203 g/mol. The fourth-order valence-corrected chi connectivity index (χ4v) is 1.26. The van der Waals surface area contributed by atoms with E-state index in [9.17, 15) is 13.2 Å². The Labute approximate surface area is 74.7 Å². The van der Waals surface area contributed by atoms with E-state index in [0.29, 0.717) is 0 Å². The van der Waals surface area contributed by atoms with E-state index in [-0.39, 0.29) is 17.3 Å². The molecule has 0 aliphatic rings. The van der Waals surface area contributed by atoms with Crippen LogP contribution in [0.25, 0.3) is 0 Å². The Bertz CT molecular complexity index is 462. The molecule has 7 heteroatoms. The molecule has 1 aromatic heterocycles. The van der Waals surface area contributed by atoms with Crippen molar-refractivity contribution in [3.8, 4) is 0 Å². The molecule has 6 nitrogen and oxygen atoms in total. The summed E-state index contributed by atoms with van der Waals surface area (Å²) in [6.45, 7) is 0.0341. The molecule has 0 unspecified atom stereocenters. The third-order valence-electron chi connectivity index (χ3n) is 1.42. The van der Waals surface area contributed by atoms with Gasteiger partial charge in [0.15, 0.2) is 0 Å². The summed E-state index contributed by atoms with van der Waals surface area (Å²) in [5, 5.41) is -0.338. The van der Waals surface area contributed by atoms with Crippen LogP contribution in [0.1, 0.15) is 5.56 Å². The minimum Gasteiger partial charge on any atom is -0.326 e. The quantitative estimate of drug-likeness (QED) is 0.577.